The minimum Gasteiger partial charge on any atom is -0.357 e. The van der Waals surface area contributed by atoms with E-state index in [0.29, 0.717) is 6.04 Å². The molecule has 1 aliphatic carbocycles. The smallest absolute Gasteiger partial charge is 0.191 e. The van der Waals surface area contributed by atoms with Gasteiger partial charge in [0.25, 0.3) is 0 Å². The molecule has 1 saturated carbocycles. The van der Waals surface area contributed by atoms with Gasteiger partial charge in [0.1, 0.15) is 0 Å². The molecule has 2 N–H and O–H groups in total. The zero-order valence-corrected chi connectivity index (χ0v) is 13.0. The molecule has 106 valence electrons. The summed E-state index contributed by atoms with van der Waals surface area (Å²) in [6, 6.07) is 4.83. The first kappa shape index (κ1) is 14.4. The molecule has 1 aliphatic rings. The molecule has 1 heterocycles. The lowest BCUT2D eigenvalue weighted by Gasteiger charge is -2.17. The van der Waals surface area contributed by atoms with Crippen molar-refractivity contribution in [2.45, 2.75) is 46.1 Å². The highest BCUT2D eigenvalue weighted by Crippen LogP contribution is 2.28. The standard InChI is InChI=1S/C15H25N3S/c1-4-16-15(17-10-13-6-7-13)18-11(2)9-14-8-5-12(3)19-14/h5,8,11,13H,4,6-7,9-10H2,1-3H3,(H2,16,17,18). The minimum atomic E-state index is 0.412. The van der Waals surface area contributed by atoms with Gasteiger partial charge in [0.05, 0.1) is 0 Å². The molecule has 1 unspecified atom stereocenters. The van der Waals surface area contributed by atoms with Crippen molar-refractivity contribution in [1.82, 2.24) is 10.6 Å². The third-order valence-corrected chi connectivity index (χ3v) is 4.26. The molecule has 4 heteroatoms. The lowest BCUT2D eigenvalue weighted by molar-refractivity contribution is 0.643. The van der Waals surface area contributed by atoms with Crippen LogP contribution in [0.15, 0.2) is 17.1 Å². The highest BCUT2D eigenvalue weighted by molar-refractivity contribution is 7.11. The van der Waals surface area contributed by atoms with E-state index < -0.39 is 0 Å². The Morgan fingerprint density at radius 1 is 1.47 bits per heavy atom. The van der Waals surface area contributed by atoms with Crippen molar-refractivity contribution in [1.29, 1.82) is 0 Å². The topological polar surface area (TPSA) is 36.4 Å². The van der Waals surface area contributed by atoms with Crippen molar-refractivity contribution in [3.8, 4) is 0 Å². The molecule has 0 amide bonds. The van der Waals surface area contributed by atoms with E-state index >= 15 is 0 Å². The second kappa shape index (κ2) is 6.94. The van der Waals surface area contributed by atoms with Gasteiger partial charge in [0.2, 0.25) is 0 Å². The maximum absolute atomic E-state index is 4.66. The molecule has 1 atom stereocenters. The number of rotatable bonds is 6. The van der Waals surface area contributed by atoms with Crippen molar-refractivity contribution in [3.05, 3.63) is 21.9 Å². The summed E-state index contributed by atoms with van der Waals surface area (Å²) in [5.74, 6) is 1.81. The fraction of sp³-hybridized carbons (Fsp3) is 0.667. The van der Waals surface area contributed by atoms with E-state index in [9.17, 15) is 0 Å². The molecule has 0 aliphatic heterocycles. The van der Waals surface area contributed by atoms with Crippen LogP contribution in [0, 0.1) is 12.8 Å². The number of nitrogens with one attached hydrogen (secondary N) is 2. The number of aryl methyl sites for hydroxylation is 1. The normalized spacial score (nSPS) is 17.3. The largest absolute Gasteiger partial charge is 0.357 e. The molecule has 1 fully saturated rings. The Kier molecular flexibility index (Phi) is 5.25. The van der Waals surface area contributed by atoms with Gasteiger partial charge in [-0.05, 0) is 51.7 Å². The summed E-state index contributed by atoms with van der Waals surface area (Å²) >= 11 is 1.88. The van der Waals surface area contributed by atoms with Crippen molar-refractivity contribution >= 4 is 17.3 Å². The Hall–Kier alpha value is -1.03. The van der Waals surface area contributed by atoms with E-state index in [0.717, 1.165) is 31.4 Å². The van der Waals surface area contributed by atoms with Gasteiger partial charge in [-0.2, -0.15) is 0 Å². The summed E-state index contributed by atoms with van der Waals surface area (Å²) in [6.07, 6.45) is 3.77. The fourth-order valence-corrected chi connectivity index (χ4v) is 3.04. The Bertz CT molecular complexity index is 421. The molecule has 0 bridgehead atoms. The second-order valence-electron chi connectivity index (χ2n) is 5.42. The van der Waals surface area contributed by atoms with E-state index in [4.69, 9.17) is 0 Å². The predicted octanol–water partition coefficient (Wildman–Crippen LogP) is 2.95. The van der Waals surface area contributed by atoms with Gasteiger partial charge in [-0.1, -0.05) is 0 Å². The summed E-state index contributed by atoms with van der Waals surface area (Å²) in [7, 11) is 0. The third-order valence-electron chi connectivity index (χ3n) is 3.24. The van der Waals surface area contributed by atoms with Crippen LogP contribution in [0.3, 0.4) is 0 Å². The Morgan fingerprint density at radius 3 is 2.84 bits per heavy atom. The molecule has 0 radical (unpaired) electrons. The predicted molar refractivity (Wildman–Crippen MR) is 84.1 cm³/mol. The number of thiophene rings is 1. The monoisotopic (exact) mass is 279 g/mol. The maximum Gasteiger partial charge on any atom is 0.191 e. The van der Waals surface area contributed by atoms with Crippen LogP contribution in [-0.4, -0.2) is 25.1 Å². The molecule has 19 heavy (non-hydrogen) atoms. The summed E-state index contributed by atoms with van der Waals surface area (Å²) in [5.41, 5.74) is 0. The van der Waals surface area contributed by atoms with Gasteiger partial charge in [0.15, 0.2) is 5.96 Å². The second-order valence-corrected chi connectivity index (χ2v) is 6.80. The van der Waals surface area contributed by atoms with E-state index in [1.165, 1.54) is 22.6 Å². The van der Waals surface area contributed by atoms with Gasteiger partial charge >= 0.3 is 0 Å². The summed E-state index contributed by atoms with van der Waals surface area (Å²) in [6.45, 7) is 8.38. The van der Waals surface area contributed by atoms with Crippen molar-refractivity contribution in [3.63, 3.8) is 0 Å². The van der Waals surface area contributed by atoms with Gasteiger partial charge in [-0.25, -0.2) is 0 Å². The van der Waals surface area contributed by atoms with Crippen LogP contribution in [0.4, 0.5) is 0 Å². The third kappa shape index (κ3) is 5.23. The number of hydrogen-bond acceptors (Lipinski definition) is 2. The van der Waals surface area contributed by atoms with Crippen molar-refractivity contribution < 1.29 is 0 Å². The van der Waals surface area contributed by atoms with Crippen molar-refractivity contribution in [2.75, 3.05) is 13.1 Å². The zero-order chi connectivity index (χ0) is 13.7. The average molecular weight is 279 g/mol. The first-order chi connectivity index (χ1) is 9.17. The van der Waals surface area contributed by atoms with Crippen LogP contribution in [0.25, 0.3) is 0 Å². The molecule has 1 aromatic heterocycles. The fourth-order valence-electron chi connectivity index (χ4n) is 2.02. The molecule has 0 saturated heterocycles. The molecule has 0 spiro atoms. The van der Waals surface area contributed by atoms with E-state index in [1.807, 2.05) is 11.3 Å². The zero-order valence-electron chi connectivity index (χ0n) is 12.2. The number of guanidine groups is 1. The van der Waals surface area contributed by atoms with Crippen LogP contribution in [0.5, 0.6) is 0 Å². The van der Waals surface area contributed by atoms with Gasteiger partial charge < -0.3 is 10.6 Å². The van der Waals surface area contributed by atoms with Crippen LogP contribution >= 0.6 is 11.3 Å². The Balaban J connectivity index is 1.82. The molecule has 0 aromatic carbocycles. The number of aliphatic imine (C=N–C) groups is 1. The lowest BCUT2D eigenvalue weighted by Crippen LogP contribution is -2.43. The van der Waals surface area contributed by atoms with Crippen LogP contribution in [0.2, 0.25) is 0 Å². The van der Waals surface area contributed by atoms with E-state index in [2.05, 4.69) is 48.5 Å². The quantitative estimate of drug-likeness (QED) is 0.620. The Morgan fingerprint density at radius 2 is 2.26 bits per heavy atom. The molecular weight excluding hydrogens is 254 g/mol. The summed E-state index contributed by atoms with van der Waals surface area (Å²) in [5, 5.41) is 6.83. The SMILES string of the molecule is CCNC(=NCC1CC1)NC(C)Cc1ccc(C)s1. The first-order valence-electron chi connectivity index (χ1n) is 7.27. The number of hydrogen-bond donors (Lipinski definition) is 2. The van der Waals surface area contributed by atoms with Gasteiger partial charge in [-0.3, -0.25) is 4.99 Å². The molecule has 1 aromatic rings. The van der Waals surface area contributed by atoms with Gasteiger partial charge in [0, 0.05) is 35.3 Å². The van der Waals surface area contributed by atoms with Crippen LogP contribution in [-0.2, 0) is 6.42 Å². The summed E-state index contributed by atoms with van der Waals surface area (Å²) in [4.78, 5) is 7.49. The number of nitrogens with zero attached hydrogens (tertiary/aromatic N) is 1. The first-order valence-corrected chi connectivity index (χ1v) is 8.09. The van der Waals surface area contributed by atoms with E-state index in [-0.39, 0.29) is 0 Å². The minimum absolute atomic E-state index is 0.412. The van der Waals surface area contributed by atoms with Crippen molar-refractivity contribution in [2.24, 2.45) is 10.9 Å². The highest BCUT2D eigenvalue weighted by Gasteiger charge is 2.20. The average Bonchev–Trinajstić information content (AvgIpc) is 3.10. The summed E-state index contributed by atoms with van der Waals surface area (Å²) < 4.78 is 0. The maximum atomic E-state index is 4.66. The molecule has 3 nitrogen and oxygen atoms in total. The molecular formula is C15H25N3S. The van der Waals surface area contributed by atoms with Crippen LogP contribution in [0.1, 0.15) is 36.4 Å². The lowest BCUT2D eigenvalue weighted by atomic mass is 10.2. The Labute approximate surface area is 120 Å². The highest BCUT2D eigenvalue weighted by atomic mass is 32.1. The van der Waals surface area contributed by atoms with E-state index in [1.54, 1.807) is 0 Å². The van der Waals surface area contributed by atoms with Gasteiger partial charge in [-0.15, -0.1) is 11.3 Å². The van der Waals surface area contributed by atoms with Crippen LogP contribution < -0.4 is 10.6 Å². The molecule has 2 rings (SSSR count).